The van der Waals surface area contributed by atoms with E-state index in [0.717, 1.165) is 25.9 Å². The van der Waals surface area contributed by atoms with Crippen LogP contribution in [0.3, 0.4) is 0 Å². The van der Waals surface area contributed by atoms with Gasteiger partial charge >= 0.3 is 6.09 Å². The molecule has 2 aliphatic rings. The van der Waals surface area contributed by atoms with Gasteiger partial charge in [-0.3, -0.25) is 4.79 Å². The van der Waals surface area contributed by atoms with Gasteiger partial charge in [0.2, 0.25) is 5.91 Å². The van der Waals surface area contributed by atoms with Gasteiger partial charge < -0.3 is 34.3 Å². The standard InChI is InChI=1S/C24H36N2O7/c1-24(2,3)33-23(29)25-21(22(28)26-12-11-18(27)16-26)17-7-9-19(10-8-17)30-14-15-32-20-6-4-5-13-31-20/h7-10,18,20-21,27H,4-6,11-16H2,1-3H3,(H,25,29)/t18-,20?,21-/m0/s1. The van der Waals surface area contributed by atoms with Crippen LogP contribution in [0.4, 0.5) is 4.79 Å². The monoisotopic (exact) mass is 464 g/mol. The maximum absolute atomic E-state index is 13.1. The summed E-state index contributed by atoms with van der Waals surface area (Å²) in [5.41, 5.74) is -0.0873. The van der Waals surface area contributed by atoms with Gasteiger partial charge in [0.1, 0.15) is 24.0 Å². The van der Waals surface area contributed by atoms with E-state index < -0.39 is 23.8 Å². The third-order valence-corrected chi connectivity index (χ3v) is 5.39. The molecule has 0 aliphatic carbocycles. The average molecular weight is 465 g/mol. The van der Waals surface area contributed by atoms with E-state index in [1.54, 1.807) is 49.9 Å². The van der Waals surface area contributed by atoms with E-state index in [1.165, 1.54) is 0 Å². The van der Waals surface area contributed by atoms with Crippen LogP contribution in [0.5, 0.6) is 5.75 Å². The molecular formula is C24H36N2O7. The molecule has 3 atom stereocenters. The number of rotatable bonds is 8. The van der Waals surface area contributed by atoms with Crippen molar-refractivity contribution in [1.29, 1.82) is 0 Å². The van der Waals surface area contributed by atoms with Gasteiger partial charge in [-0.25, -0.2) is 4.79 Å². The first-order valence-corrected chi connectivity index (χ1v) is 11.6. The first-order valence-electron chi connectivity index (χ1n) is 11.6. The van der Waals surface area contributed by atoms with Crippen molar-refractivity contribution in [2.45, 2.75) is 70.5 Å². The van der Waals surface area contributed by atoms with Gasteiger partial charge in [0.25, 0.3) is 0 Å². The van der Waals surface area contributed by atoms with Crippen molar-refractivity contribution in [3.63, 3.8) is 0 Å². The van der Waals surface area contributed by atoms with Gasteiger partial charge in [0.15, 0.2) is 6.29 Å². The van der Waals surface area contributed by atoms with E-state index in [2.05, 4.69) is 5.32 Å². The number of nitrogens with zero attached hydrogens (tertiary/aromatic N) is 1. The Balaban J connectivity index is 1.59. The molecule has 2 aliphatic heterocycles. The summed E-state index contributed by atoms with van der Waals surface area (Å²) in [4.78, 5) is 27.1. The number of aliphatic hydroxyl groups is 1. The fourth-order valence-electron chi connectivity index (χ4n) is 3.78. The quantitative estimate of drug-likeness (QED) is 0.570. The van der Waals surface area contributed by atoms with Gasteiger partial charge in [-0.05, 0) is 64.2 Å². The number of carbonyl (C=O) groups excluding carboxylic acids is 2. The second kappa shape index (κ2) is 11.7. The summed E-state index contributed by atoms with van der Waals surface area (Å²) < 4.78 is 22.3. The first-order chi connectivity index (χ1) is 15.7. The Kier molecular flexibility index (Phi) is 8.94. The predicted octanol–water partition coefficient (Wildman–Crippen LogP) is 2.77. The molecule has 9 heteroatoms. The molecular weight excluding hydrogens is 428 g/mol. The third kappa shape index (κ3) is 8.17. The summed E-state index contributed by atoms with van der Waals surface area (Å²) in [7, 11) is 0. The molecule has 3 rings (SSSR count). The molecule has 2 fully saturated rings. The molecule has 33 heavy (non-hydrogen) atoms. The van der Waals surface area contributed by atoms with Crippen LogP contribution >= 0.6 is 0 Å². The number of amides is 2. The van der Waals surface area contributed by atoms with Crippen molar-refractivity contribution in [2.75, 3.05) is 32.9 Å². The lowest BCUT2D eigenvalue weighted by Crippen LogP contribution is -2.44. The summed E-state index contributed by atoms with van der Waals surface area (Å²) in [5, 5.41) is 12.5. The maximum atomic E-state index is 13.1. The summed E-state index contributed by atoms with van der Waals surface area (Å²) in [6.07, 6.45) is 2.23. The Morgan fingerprint density at radius 2 is 1.94 bits per heavy atom. The number of β-amino-alcohol motifs (C(OH)–C–C–N with tert-alkyl or cyclic N) is 1. The van der Waals surface area contributed by atoms with Crippen molar-refractivity contribution in [3.05, 3.63) is 29.8 Å². The largest absolute Gasteiger partial charge is 0.491 e. The van der Waals surface area contributed by atoms with Crippen LogP contribution in [0, 0.1) is 0 Å². The summed E-state index contributed by atoms with van der Waals surface area (Å²) in [6.45, 7) is 7.51. The minimum absolute atomic E-state index is 0.153. The molecule has 1 unspecified atom stereocenters. The molecule has 2 heterocycles. The van der Waals surface area contributed by atoms with Crippen molar-refractivity contribution in [1.82, 2.24) is 10.2 Å². The second-order valence-corrected chi connectivity index (χ2v) is 9.39. The summed E-state index contributed by atoms with van der Waals surface area (Å²) >= 11 is 0. The molecule has 184 valence electrons. The molecule has 1 aromatic carbocycles. The van der Waals surface area contributed by atoms with Crippen LogP contribution in [0.1, 0.15) is 58.1 Å². The summed E-state index contributed by atoms with van der Waals surface area (Å²) in [5.74, 6) is 0.346. The highest BCUT2D eigenvalue weighted by molar-refractivity contribution is 5.87. The number of nitrogens with one attached hydrogen (secondary N) is 1. The van der Waals surface area contributed by atoms with E-state index in [1.807, 2.05) is 0 Å². The molecule has 1 aromatic rings. The topological polar surface area (TPSA) is 107 Å². The van der Waals surface area contributed by atoms with Crippen LogP contribution in [0.15, 0.2) is 24.3 Å². The highest BCUT2D eigenvalue weighted by Gasteiger charge is 2.33. The van der Waals surface area contributed by atoms with Crippen molar-refractivity contribution in [3.8, 4) is 5.75 Å². The normalized spacial score (nSPS) is 22.0. The number of hydrogen-bond donors (Lipinski definition) is 2. The highest BCUT2D eigenvalue weighted by Crippen LogP contribution is 2.23. The van der Waals surface area contributed by atoms with E-state index in [4.69, 9.17) is 18.9 Å². The van der Waals surface area contributed by atoms with Crippen LogP contribution in [0.2, 0.25) is 0 Å². The fraction of sp³-hybridized carbons (Fsp3) is 0.667. The smallest absolute Gasteiger partial charge is 0.408 e. The SMILES string of the molecule is CC(C)(C)OC(=O)N[C@H](C(=O)N1CC[C@H](O)C1)c1ccc(OCCOC2CCCCO2)cc1. The minimum Gasteiger partial charge on any atom is -0.491 e. The number of benzene rings is 1. The molecule has 0 aromatic heterocycles. The number of likely N-dealkylation sites (tertiary alicyclic amines) is 1. The molecule has 2 N–H and O–H groups in total. The molecule has 0 saturated carbocycles. The van der Waals surface area contributed by atoms with Crippen LogP contribution < -0.4 is 10.1 Å². The zero-order valence-electron chi connectivity index (χ0n) is 19.7. The zero-order valence-corrected chi connectivity index (χ0v) is 19.7. The maximum Gasteiger partial charge on any atom is 0.408 e. The molecule has 0 bridgehead atoms. The first kappa shape index (κ1) is 25.3. The van der Waals surface area contributed by atoms with Gasteiger partial charge in [0.05, 0.1) is 12.7 Å². The van der Waals surface area contributed by atoms with Crippen LogP contribution in [0.25, 0.3) is 0 Å². The van der Waals surface area contributed by atoms with E-state index >= 15 is 0 Å². The van der Waals surface area contributed by atoms with E-state index in [-0.39, 0.29) is 18.7 Å². The number of hydrogen-bond acceptors (Lipinski definition) is 7. The fourth-order valence-corrected chi connectivity index (χ4v) is 3.78. The highest BCUT2D eigenvalue weighted by atomic mass is 16.7. The van der Waals surface area contributed by atoms with E-state index in [9.17, 15) is 14.7 Å². The Hall–Kier alpha value is -2.36. The molecule has 0 radical (unpaired) electrons. The lowest BCUT2D eigenvalue weighted by Gasteiger charge is -2.26. The van der Waals surface area contributed by atoms with Gasteiger partial charge in [-0.1, -0.05) is 12.1 Å². The Morgan fingerprint density at radius 1 is 1.18 bits per heavy atom. The number of alkyl carbamates (subject to hydrolysis) is 1. The number of aliphatic hydroxyl groups excluding tert-OH is 1. The predicted molar refractivity (Wildman–Crippen MR) is 121 cm³/mol. The van der Waals surface area contributed by atoms with Crippen LogP contribution in [-0.2, 0) is 19.0 Å². The van der Waals surface area contributed by atoms with Gasteiger partial charge in [-0.15, -0.1) is 0 Å². The molecule has 2 amide bonds. The minimum atomic E-state index is -0.925. The Morgan fingerprint density at radius 3 is 2.55 bits per heavy atom. The Bertz CT molecular complexity index is 772. The second-order valence-electron chi connectivity index (χ2n) is 9.39. The zero-order chi connectivity index (χ0) is 23.8. The van der Waals surface area contributed by atoms with Crippen LogP contribution in [-0.4, -0.2) is 72.9 Å². The molecule has 9 nitrogen and oxygen atoms in total. The van der Waals surface area contributed by atoms with E-state index in [0.29, 0.717) is 37.5 Å². The lowest BCUT2D eigenvalue weighted by molar-refractivity contribution is -0.165. The third-order valence-electron chi connectivity index (χ3n) is 5.39. The van der Waals surface area contributed by atoms with Gasteiger partial charge in [-0.2, -0.15) is 0 Å². The lowest BCUT2D eigenvalue weighted by atomic mass is 10.1. The molecule has 0 spiro atoms. The number of ether oxygens (including phenoxy) is 4. The van der Waals surface area contributed by atoms with Gasteiger partial charge in [0, 0.05) is 19.7 Å². The average Bonchev–Trinajstić information content (AvgIpc) is 3.21. The number of carbonyl (C=O) groups is 2. The summed E-state index contributed by atoms with van der Waals surface area (Å²) in [6, 6.07) is 6.07. The molecule has 2 saturated heterocycles. The van der Waals surface area contributed by atoms with Crippen molar-refractivity contribution < 1.29 is 33.6 Å². The Labute approximate surface area is 195 Å². The van der Waals surface area contributed by atoms with Crippen molar-refractivity contribution in [2.24, 2.45) is 0 Å². The van der Waals surface area contributed by atoms with Crippen molar-refractivity contribution >= 4 is 12.0 Å².